The topological polar surface area (TPSA) is 76.5 Å². The molecule has 160 valence electrons. The van der Waals surface area contributed by atoms with Gasteiger partial charge in [-0.2, -0.15) is 4.74 Å². The van der Waals surface area contributed by atoms with Crippen molar-refractivity contribution in [1.29, 1.82) is 0 Å². The summed E-state index contributed by atoms with van der Waals surface area (Å²) in [5.74, 6) is 0.625. The Morgan fingerprint density at radius 2 is 1.71 bits per heavy atom. The van der Waals surface area contributed by atoms with Crippen LogP contribution in [0.25, 0.3) is 0 Å². The highest BCUT2D eigenvalue weighted by Gasteiger charge is 2.24. The van der Waals surface area contributed by atoms with Crippen molar-refractivity contribution in [3.63, 3.8) is 0 Å². The maximum Gasteiger partial charge on any atom is 0.228 e. The standard InChI is InChI=1S/C16H14ClN3O.C9H13N/c1-18-15-10-20(21)16(11-5-3-2-4-6-11)13-9-12(17)7-8-14(13)19-15;1-8(10)7-9-5-3-2-4-6-9/h2-9H,10H2,1H3,(H,18,19);2-6,8H,7,10H2,1H3. The lowest BCUT2D eigenvalue weighted by molar-refractivity contribution is -0.439. The Morgan fingerprint density at radius 3 is 2.32 bits per heavy atom. The molecular formula is C25H27ClN4O. The van der Waals surface area contributed by atoms with Gasteiger partial charge in [-0.1, -0.05) is 60.1 Å². The van der Waals surface area contributed by atoms with E-state index in [-0.39, 0.29) is 12.6 Å². The molecule has 1 aliphatic rings. The lowest BCUT2D eigenvalue weighted by atomic mass is 10.0. The molecule has 0 fully saturated rings. The summed E-state index contributed by atoms with van der Waals surface area (Å²) in [5, 5.41) is 16.1. The molecular weight excluding hydrogens is 408 g/mol. The number of amidine groups is 1. The van der Waals surface area contributed by atoms with Crippen LogP contribution < -0.4 is 11.1 Å². The second-order valence-electron chi connectivity index (χ2n) is 7.39. The summed E-state index contributed by atoms with van der Waals surface area (Å²) in [7, 11) is 1.76. The summed E-state index contributed by atoms with van der Waals surface area (Å²) >= 11 is 6.10. The van der Waals surface area contributed by atoms with E-state index in [1.54, 1.807) is 19.2 Å². The van der Waals surface area contributed by atoms with Gasteiger partial charge in [-0.25, -0.2) is 4.99 Å². The number of halogens is 1. The predicted molar refractivity (Wildman–Crippen MR) is 130 cm³/mol. The molecule has 31 heavy (non-hydrogen) atoms. The highest BCUT2D eigenvalue weighted by molar-refractivity contribution is 6.31. The van der Waals surface area contributed by atoms with Crippen molar-refractivity contribution in [3.05, 3.63) is 106 Å². The fraction of sp³-hybridized carbons (Fsp3) is 0.200. The Labute approximate surface area is 188 Å². The van der Waals surface area contributed by atoms with Crippen molar-refractivity contribution in [3.8, 4) is 0 Å². The Hall–Kier alpha value is -3.15. The number of nitrogens with one attached hydrogen (secondary N) is 1. The molecule has 0 radical (unpaired) electrons. The number of hydrogen-bond donors (Lipinski definition) is 2. The fourth-order valence-electron chi connectivity index (χ4n) is 3.34. The smallest absolute Gasteiger partial charge is 0.228 e. The molecule has 6 heteroatoms. The number of likely N-dealkylation sites (N-methyl/N-ethyl adjacent to an activating group) is 1. The molecule has 3 aromatic carbocycles. The second kappa shape index (κ2) is 10.8. The van der Waals surface area contributed by atoms with E-state index >= 15 is 0 Å². The van der Waals surface area contributed by atoms with Gasteiger partial charge in [0.1, 0.15) is 0 Å². The first kappa shape index (κ1) is 22.5. The molecule has 0 saturated carbocycles. The van der Waals surface area contributed by atoms with Crippen molar-refractivity contribution in [2.75, 3.05) is 13.6 Å². The number of benzene rings is 3. The van der Waals surface area contributed by atoms with Crippen LogP contribution in [0, 0.1) is 5.21 Å². The minimum absolute atomic E-state index is 0.174. The predicted octanol–water partition coefficient (Wildman–Crippen LogP) is 4.53. The van der Waals surface area contributed by atoms with Crippen molar-refractivity contribution in [2.45, 2.75) is 19.4 Å². The van der Waals surface area contributed by atoms with Crippen LogP contribution in [0.4, 0.5) is 5.69 Å². The molecule has 4 rings (SSSR count). The summed E-state index contributed by atoms with van der Waals surface area (Å²) in [6, 6.07) is 25.5. The van der Waals surface area contributed by atoms with Crippen molar-refractivity contribution >= 4 is 28.8 Å². The van der Waals surface area contributed by atoms with Gasteiger partial charge < -0.3 is 16.3 Å². The van der Waals surface area contributed by atoms with Crippen LogP contribution in [0.5, 0.6) is 0 Å². The van der Waals surface area contributed by atoms with Gasteiger partial charge in [-0.3, -0.25) is 0 Å². The number of hydroxylamine groups is 1. The van der Waals surface area contributed by atoms with Crippen LogP contribution >= 0.6 is 11.6 Å². The largest absolute Gasteiger partial charge is 0.623 e. The molecule has 0 aromatic heterocycles. The van der Waals surface area contributed by atoms with Gasteiger partial charge in [0, 0.05) is 23.7 Å². The third-order valence-electron chi connectivity index (χ3n) is 4.75. The molecule has 3 N–H and O–H groups in total. The third-order valence-corrected chi connectivity index (χ3v) is 4.98. The van der Waals surface area contributed by atoms with E-state index in [9.17, 15) is 5.21 Å². The van der Waals surface area contributed by atoms with E-state index in [1.165, 1.54) is 5.56 Å². The van der Waals surface area contributed by atoms with Crippen LogP contribution in [-0.2, 0) is 6.42 Å². The van der Waals surface area contributed by atoms with Crippen LogP contribution in [-0.4, -0.2) is 35.9 Å². The van der Waals surface area contributed by atoms with Crippen molar-refractivity contribution < 1.29 is 4.74 Å². The number of aliphatic imine (C=N–C) groups is 1. The van der Waals surface area contributed by atoms with Gasteiger partial charge in [0.05, 0.1) is 11.3 Å². The van der Waals surface area contributed by atoms with Gasteiger partial charge in [-0.15, -0.1) is 0 Å². The van der Waals surface area contributed by atoms with E-state index in [0.717, 1.165) is 28.0 Å². The molecule has 1 aliphatic heterocycles. The van der Waals surface area contributed by atoms with E-state index in [4.69, 9.17) is 17.3 Å². The normalized spacial score (nSPS) is 13.9. The molecule has 1 atom stereocenters. The van der Waals surface area contributed by atoms with Gasteiger partial charge in [-0.05, 0) is 49.2 Å². The maximum atomic E-state index is 12.6. The highest BCUT2D eigenvalue weighted by atomic mass is 35.5. The van der Waals surface area contributed by atoms with Crippen LogP contribution in [0.1, 0.15) is 23.6 Å². The molecule has 0 bridgehead atoms. The Bertz CT molecular complexity index is 1060. The molecule has 3 aromatic rings. The number of fused-ring (bicyclic) bond motifs is 1. The summed E-state index contributed by atoms with van der Waals surface area (Å²) < 4.78 is 0.951. The van der Waals surface area contributed by atoms with Crippen LogP contribution in [0.2, 0.25) is 5.02 Å². The minimum atomic E-state index is 0.174. The Kier molecular flexibility index (Phi) is 7.82. The van der Waals surface area contributed by atoms with Crippen LogP contribution in [0.3, 0.4) is 0 Å². The maximum absolute atomic E-state index is 12.6. The molecule has 0 spiro atoms. The van der Waals surface area contributed by atoms with E-state index in [1.807, 2.05) is 61.5 Å². The van der Waals surface area contributed by atoms with E-state index in [2.05, 4.69) is 22.4 Å². The summed E-state index contributed by atoms with van der Waals surface area (Å²) in [6.07, 6.45) is 0.973. The van der Waals surface area contributed by atoms with E-state index in [0.29, 0.717) is 16.6 Å². The van der Waals surface area contributed by atoms with Crippen LogP contribution in [0.15, 0.2) is 83.9 Å². The zero-order chi connectivity index (χ0) is 22.2. The zero-order valence-corrected chi connectivity index (χ0v) is 18.5. The van der Waals surface area contributed by atoms with Gasteiger partial charge in [0.25, 0.3) is 0 Å². The first-order chi connectivity index (χ1) is 15.0. The fourth-order valence-corrected chi connectivity index (χ4v) is 3.51. The first-order valence-electron chi connectivity index (χ1n) is 10.2. The van der Waals surface area contributed by atoms with Gasteiger partial charge >= 0.3 is 0 Å². The SMILES string of the molecule is CC(N)Cc1ccccc1.CNC1=Nc2ccc(Cl)cc2C(c2ccccc2)=[N+]([O-])C1. The van der Waals surface area contributed by atoms with Gasteiger partial charge in [0.15, 0.2) is 5.84 Å². The summed E-state index contributed by atoms with van der Waals surface area (Å²) in [6.45, 7) is 2.19. The lowest BCUT2D eigenvalue weighted by Crippen LogP contribution is -2.29. The van der Waals surface area contributed by atoms with Crippen molar-refractivity contribution in [2.24, 2.45) is 10.7 Å². The number of nitrogens with zero attached hydrogens (tertiary/aromatic N) is 2. The average molecular weight is 435 g/mol. The molecule has 1 unspecified atom stereocenters. The highest BCUT2D eigenvalue weighted by Crippen LogP contribution is 2.28. The monoisotopic (exact) mass is 434 g/mol. The first-order valence-corrected chi connectivity index (χ1v) is 10.6. The number of rotatable bonds is 3. The second-order valence-corrected chi connectivity index (χ2v) is 7.82. The molecule has 0 saturated heterocycles. The Morgan fingerprint density at radius 1 is 1.06 bits per heavy atom. The lowest BCUT2D eigenvalue weighted by Gasteiger charge is -2.10. The minimum Gasteiger partial charge on any atom is -0.623 e. The Balaban J connectivity index is 0.000000229. The number of hydrogen-bond acceptors (Lipinski definition) is 4. The summed E-state index contributed by atoms with van der Waals surface area (Å²) in [5.41, 5.74) is 9.86. The molecule has 0 aliphatic carbocycles. The average Bonchev–Trinajstić information content (AvgIpc) is 2.90. The summed E-state index contributed by atoms with van der Waals surface area (Å²) in [4.78, 5) is 4.51. The quantitative estimate of drug-likeness (QED) is 0.469. The van der Waals surface area contributed by atoms with Gasteiger partial charge in [0.2, 0.25) is 12.3 Å². The molecule has 0 amide bonds. The molecule has 5 nitrogen and oxygen atoms in total. The van der Waals surface area contributed by atoms with E-state index < -0.39 is 0 Å². The molecule has 1 heterocycles. The number of nitrogens with two attached hydrogens (primary N) is 1. The third kappa shape index (κ3) is 6.17. The van der Waals surface area contributed by atoms with Crippen molar-refractivity contribution in [1.82, 2.24) is 5.32 Å². The zero-order valence-electron chi connectivity index (χ0n) is 17.8.